The van der Waals surface area contributed by atoms with Gasteiger partial charge in [0.2, 0.25) is 0 Å². The van der Waals surface area contributed by atoms with Gasteiger partial charge in [-0.15, -0.1) is 0 Å². The maximum atomic E-state index is 13.8. The van der Waals surface area contributed by atoms with Crippen LogP contribution < -0.4 is 0 Å². The Balaban J connectivity index is 2.00. The van der Waals surface area contributed by atoms with Crippen LogP contribution in [0.3, 0.4) is 0 Å². The average Bonchev–Trinajstić information content (AvgIpc) is 2.95. The van der Waals surface area contributed by atoms with Gasteiger partial charge >= 0.3 is 0 Å². The Bertz CT molecular complexity index is 856. The van der Waals surface area contributed by atoms with E-state index in [0.717, 1.165) is 6.07 Å². The van der Waals surface area contributed by atoms with Crippen LogP contribution in [0.15, 0.2) is 47.2 Å². The Morgan fingerprint density at radius 3 is 2.52 bits per heavy atom. The fourth-order valence-electron chi connectivity index (χ4n) is 2.25. The third-order valence-electron chi connectivity index (χ3n) is 3.29. The molecule has 2 aromatic carbocycles. The van der Waals surface area contributed by atoms with E-state index in [1.165, 1.54) is 29.0 Å². The molecule has 0 aliphatic carbocycles. The molecule has 1 heterocycles. The quantitative estimate of drug-likeness (QED) is 0.463. The number of hydrogen-bond acceptors (Lipinski definition) is 1. The van der Waals surface area contributed by atoms with E-state index in [1.807, 2.05) is 0 Å². The molecule has 0 N–H and O–H groups in total. The van der Waals surface area contributed by atoms with Crippen LogP contribution >= 0.6 is 15.9 Å². The van der Waals surface area contributed by atoms with Gasteiger partial charge in [0.05, 0.1) is 6.54 Å². The molecular formula is C16H9BrF4N2. The SMILES string of the molecule is Fc1cc(Br)cc(-c2nccn2Cc2ccc(F)c(F)c2F)c1. The molecule has 0 aliphatic rings. The highest BCUT2D eigenvalue weighted by Gasteiger charge is 2.15. The second kappa shape index (κ2) is 6.16. The molecule has 7 heteroatoms. The molecule has 118 valence electrons. The van der Waals surface area contributed by atoms with E-state index in [-0.39, 0.29) is 12.1 Å². The van der Waals surface area contributed by atoms with Gasteiger partial charge in [0.15, 0.2) is 17.5 Å². The molecule has 0 saturated heterocycles. The van der Waals surface area contributed by atoms with Crippen LogP contribution in [0.25, 0.3) is 11.4 Å². The van der Waals surface area contributed by atoms with Crippen molar-refractivity contribution in [3.05, 3.63) is 76.0 Å². The molecule has 1 aromatic heterocycles. The van der Waals surface area contributed by atoms with Gasteiger partial charge in [-0.1, -0.05) is 22.0 Å². The van der Waals surface area contributed by atoms with Crippen molar-refractivity contribution in [2.24, 2.45) is 0 Å². The van der Waals surface area contributed by atoms with Gasteiger partial charge in [-0.3, -0.25) is 0 Å². The fraction of sp³-hybridized carbons (Fsp3) is 0.0625. The minimum absolute atomic E-state index is 0.0291. The molecule has 0 radical (unpaired) electrons. The number of rotatable bonds is 3. The van der Waals surface area contributed by atoms with Crippen LogP contribution in [0.4, 0.5) is 17.6 Å². The molecular weight excluding hydrogens is 376 g/mol. The lowest BCUT2D eigenvalue weighted by Gasteiger charge is -2.10. The van der Waals surface area contributed by atoms with Crippen molar-refractivity contribution in [2.75, 3.05) is 0 Å². The van der Waals surface area contributed by atoms with Crippen molar-refractivity contribution in [1.29, 1.82) is 0 Å². The van der Waals surface area contributed by atoms with Crippen molar-refractivity contribution in [3.8, 4) is 11.4 Å². The zero-order valence-corrected chi connectivity index (χ0v) is 13.1. The molecule has 0 amide bonds. The largest absolute Gasteiger partial charge is 0.326 e. The van der Waals surface area contributed by atoms with E-state index in [4.69, 9.17) is 0 Å². The molecule has 0 spiro atoms. The number of imidazole rings is 1. The van der Waals surface area contributed by atoms with E-state index in [2.05, 4.69) is 20.9 Å². The predicted octanol–water partition coefficient (Wildman–Crippen LogP) is 4.92. The monoisotopic (exact) mass is 384 g/mol. The third kappa shape index (κ3) is 3.14. The second-order valence-electron chi connectivity index (χ2n) is 4.87. The molecule has 23 heavy (non-hydrogen) atoms. The Morgan fingerprint density at radius 2 is 1.78 bits per heavy atom. The number of benzene rings is 2. The van der Waals surface area contributed by atoms with E-state index in [1.54, 1.807) is 12.3 Å². The highest BCUT2D eigenvalue weighted by atomic mass is 79.9. The summed E-state index contributed by atoms with van der Waals surface area (Å²) >= 11 is 3.19. The van der Waals surface area contributed by atoms with E-state index in [0.29, 0.717) is 15.9 Å². The highest BCUT2D eigenvalue weighted by Crippen LogP contribution is 2.25. The third-order valence-corrected chi connectivity index (χ3v) is 3.75. The first kappa shape index (κ1) is 15.7. The van der Waals surface area contributed by atoms with E-state index < -0.39 is 23.3 Å². The van der Waals surface area contributed by atoms with Gasteiger partial charge in [0, 0.05) is 28.0 Å². The summed E-state index contributed by atoms with van der Waals surface area (Å²) in [5.74, 6) is -4.08. The number of hydrogen-bond donors (Lipinski definition) is 0. The molecule has 0 aliphatic heterocycles. The Labute approximate surface area is 137 Å². The smallest absolute Gasteiger partial charge is 0.194 e. The number of aromatic nitrogens is 2. The van der Waals surface area contributed by atoms with Gasteiger partial charge in [0.1, 0.15) is 11.6 Å². The minimum atomic E-state index is -1.52. The minimum Gasteiger partial charge on any atom is -0.326 e. The molecule has 0 saturated carbocycles. The van der Waals surface area contributed by atoms with E-state index >= 15 is 0 Å². The zero-order valence-electron chi connectivity index (χ0n) is 11.5. The molecule has 3 aromatic rings. The van der Waals surface area contributed by atoms with Crippen molar-refractivity contribution in [3.63, 3.8) is 0 Å². The summed E-state index contributed by atoms with van der Waals surface area (Å²) in [5.41, 5.74) is 0.448. The lowest BCUT2D eigenvalue weighted by Crippen LogP contribution is -2.05. The average molecular weight is 385 g/mol. The van der Waals surface area contributed by atoms with Gasteiger partial charge in [-0.25, -0.2) is 22.5 Å². The molecule has 0 bridgehead atoms. The summed E-state index contributed by atoms with van der Waals surface area (Å²) in [6, 6.07) is 6.27. The summed E-state index contributed by atoms with van der Waals surface area (Å²) < 4.78 is 55.7. The van der Waals surface area contributed by atoms with Crippen molar-refractivity contribution in [2.45, 2.75) is 6.54 Å². The van der Waals surface area contributed by atoms with Crippen LogP contribution in [-0.2, 0) is 6.54 Å². The standard InChI is InChI=1S/C16H9BrF4N2/c17-11-5-10(6-12(18)7-11)16-22-3-4-23(16)8-9-1-2-13(19)15(21)14(9)20/h1-7H,8H2. The predicted molar refractivity (Wildman–Crippen MR) is 80.7 cm³/mol. The second-order valence-corrected chi connectivity index (χ2v) is 5.79. The van der Waals surface area contributed by atoms with Crippen LogP contribution in [0.5, 0.6) is 0 Å². The van der Waals surface area contributed by atoms with Crippen LogP contribution in [0, 0.1) is 23.3 Å². The summed E-state index contributed by atoms with van der Waals surface area (Å²) in [6.45, 7) is -0.0630. The lowest BCUT2D eigenvalue weighted by atomic mass is 10.1. The van der Waals surface area contributed by atoms with Gasteiger partial charge in [0.25, 0.3) is 0 Å². The topological polar surface area (TPSA) is 17.8 Å². The van der Waals surface area contributed by atoms with Crippen LogP contribution in [0.2, 0.25) is 0 Å². The molecule has 0 fully saturated rings. The number of nitrogens with zero attached hydrogens (tertiary/aromatic N) is 2. The van der Waals surface area contributed by atoms with Crippen molar-refractivity contribution >= 4 is 15.9 Å². The maximum absolute atomic E-state index is 13.8. The molecule has 2 nitrogen and oxygen atoms in total. The summed E-state index contributed by atoms with van der Waals surface area (Å²) in [7, 11) is 0. The van der Waals surface area contributed by atoms with Gasteiger partial charge in [-0.2, -0.15) is 0 Å². The van der Waals surface area contributed by atoms with Crippen molar-refractivity contribution < 1.29 is 17.6 Å². The Morgan fingerprint density at radius 1 is 1.00 bits per heavy atom. The van der Waals surface area contributed by atoms with Crippen LogP contribution in [0.1, 0.15) is 5.56 Å². The maximum Gasteiger partial charge on any atom is 0.194 e. The first-order valence-corrected chi connectivity index (χ1v) is 7.35. The van der Waals surface area contributed by atoms with Crippen molar-refractivity contribution in [1.82, 2.24) is 9.55 Å². The summed E-state index contributed by atoms with van der Waals surface area (Å²) in [6.07, 6.45) is 3.01. The first-order chi connectivity index (χ1) is 11.0. The van der Waals surface area contributed by atoms with E-state index in [9.17, 15) is 17.6 Å². The number of halogens is 5. The van der Waals surface area contributed by atoms with Crippen LogP contribution in [-0.4, -0.2) is 9.55 Å². The summed E-state index contributed by atoms with van der Waals surface area (Å²) in [5, 5.41) is 0. The summed E-state index contributed by atoms with van der Waals surface area (Å²) in [4.78, 5) is 4.12. The van der Waals surface area contributed by atoms with Gasteiger partial charge in [-0.05, 0) is 24.3 Å². The Hall–Kier alpha value is -2.15. The normalized spacial score (nSPS) is 11.0. The Kier molecular flexibility index (Phi) is 4.21. The highest BCUT2D eigenvalue weighted by molar-refractivity contribution is 9.10. The lowest BCUT2D eigenvalue weighted by molar-refractivity contribution is 0.439. The molecule has 0 atom stereocenters. The van der Waals surface area contributed by atoms with Gasteiger partial charge < -0.3 is 4.57 Å². The molecule has 0 unspecified atom stereocenters. The zero-order chi connectivity index (χ0) is 16.6. The molecule has 3 rings (SSSR count). The first-order valence-electron chi connectivity index (χ1n) is 6.55. The fourth-order valence-corrected chi connectivity index (χ4v) is 2.72.